The summed E-state index contributed by atoms with van der Waals surface area (Å²) in [5, 5.41) is 30.7. The van der Waals surface area contributed by atoms with Crippen LogP contribution in [0.25, 0.3) is 0 Å². The molecular weight excluding hydrogens is 349 g/mol. The van der Waals surface area contributed by atoms with Crippen LogP contribution in [0.1, 0.15) is 24.6 Å². The number of carboxylic acid groups (broad SMARTS) is 2. The molecule has 4 N–H and O–H groups in total. The number of amides is 1. The van der Waals surface area contributed by atoms with Gasteiger partial charge in [-0.15, -0.1) is 11.3 Å². The number of aliphatic carboxylic acids is 2. The summed E-state index contributed by atoms with van der Waals surface area (Å²) < 4.78 is 5.25. The van der Waals surface area contributed by atoms with E-state index in [4.69, 9.17) is 19.7 Å². The van der Waals surface area contributed by atoms with Gasteiger partial charge in [0.2, 0.25) is 5.91 Å². The summed E-state index contributed by atoms with van der Waals surface area (Å²) in [5.41, 5.74) is 0. The van der Waals surface area contributed by atoms with E-state index in [2.05, 4.69) is 5.32 Å². The molecule has 0 saturated heterocycles. The van der Waals surface area contributed by atoms with Crippen molar-refractivity contribution in [1.29, 1.82) is 0 Å². The zero-order chi connectivity index (χ0) is 18.8. The lowest BCUT2D eigenvalue weighted by Gasteiger charge is -2.20. The molecule has 2 atom stereocenters. The maximum atomic E-state index is 11.9. The first kappa shape index (κ1) is 20.9. The smallest absolute Gasteiger partial charge is 0.478 e. The van der Waals surface area contributed by atoms with Crippen molar-refractivity contribution in [2.24, 2.45) is 0 Å². The summed E-state index contributed by atoms with van der Waals surface area (Å²) in [6, 6.07) is 3.74. The van der Waals surface area contributed by atoms with Gasteiger partial charge in [0.1, 0.15) is 0 Å². The van der Waals surface area contributed by atoms with E-state index in [1.165, 1.54) is 11.3 Å². The van der Waals surface area contributed by atoms with Gasteiger partial charge >= 0.3 is 13.1 Å². The zero-order valence-corrected chi connectivity index (χ0v) is 14.4. The molecule has 0 bridgehead atoms. The second-order valence-electron chi connectivity index (χ2n) is 5.28. The van der Waals surface area contributed by atoms with Crippen LogP contribution in [0.5, 0.6) is 0 Å². The van der Waals surface area contributed by atoms with Crippen molar-refractivity contribution in [3.63, 3.8) is 0 Å². The Morgan fingerprint density at radius 2 is 2.08 bits per heavy atom. The lowest BCUT2D eigenvalue weighted by molar-refractivity contribution is -0.138. The van der Waals surface area contributed by atoms with Crippen molar-refractivity contribution in [2.75, 3.05) is 0 Å². The van der Waals surface area contributed by atoms with Crippen LogP contribution in [0.2, 0.25) is 0 Å². The largest absolute Gasteiger partial charge is 0.481 e. The number of hydrogen-bond donors (Lipinski definition) is 4. The summed E-state index contributed by atoms with van der Waals surface area (Å²) in [5.74, 6) is -2.61. The van der Waals surface area contributed by atoms with E-state index in [0.29, 0.717) is 6.42 Å². The second kappa shape index (κ2) is 10.6. The maximum absolute atomic E-state index is 11.9. The van der Waals surface area contributed by atoms with Gasteiger partial charge in [0, 0.05) is 11.8 Å². The summed E-state index contributed by atoms with van der Waals surface area (Å²) >= 11 is 1.49. The summed E-state index contributed by atoms with van der Waals surface area (Å²) in [4.78, 5) is 32.5. The molecule has 0 saturated carbocycles. The molecule has 25 heavy (non-hydrogen) atoms. The van der Waals surface area contributed by atoms with Crippen LogP contribution in [0, 0.1) is 0 Å². The Bertz CT molecular complexity index is 601. The van der Waals surface area contributed by atoms with Gasteiger partial charge in [0.25, 0.3) is 5.97 Å². The molecule has 2 heterocycles. The van der Waals surface area contributed by atoms with E-state index in [0.717, 1.165) is 11.8 Å². The van der Waals surface area contributed by atoms with E-state index in [-0.39, 0.29) is 18.7 Å². The third-order valence-electron chi connectivity index (χ3n) is 3.04. The molecule has 1 amide bonds. The molecule has 0 aliphatic carbocycles. The lowest BCUT2D eigenvalue weighted by atomic mass is 9.77. The van der Waals surface area contributed by atoms with E-state index in [1.807, 2.05) is 17.5 Å². The summed E-state index contributed by atoms with van der Waals surface area (Å²) in [6.45, 7) is 1.08. The van der Waals surface area contributed by atoms with Gasteiger partial charge in [-0.1, -0.05) is 18.2 Å². The number of thiophene rings is 1. The van der Waals surface area contributed by atoms with Crippen LogP contribution in [0.15, 0.2) is 29.7 Å². The van der Waals surface area contributed by atoms with Gasteiger partial charge in [0.05, 0.1) is 24.9 Å². The summed E-state index contributed by atoms with van der Waals surface area (Å²) in [6.07, 6.45) is 3.07. The highest BCUT2D eigenvalue weighted by Gasteiger charge is 2.32. The Balaban J connectivity index is 0.000000705. The van der Waals surface area contributed by atoms with Crippen molar-refractivity contribution in [3.8, 4) is 0 Å². The highest BCUT2D eigenvalue weighted by atomic mass is 32.1. The molecule has 136 valence electrons. The van der Waals surface area contributed by atoms with Gasteiger partial charge in [-0.25, -0.2) is 0 Å². The van der Waals surface area contributed by atoms with Crippen molar-refractivity contribution >= 4 is 36.3 Å². The molecule has 10 heteroatoms. The first-order valence-corrected chi connectivity index (χ1v) is 8.39. The highest BCUT2D eigenvalue weighted by molar-refractivity contribution is 7.10. The van der Waals surface area contributed by atoms with Crippen molar-refractivity contribution in [2.45, 2.75) is 38.2 Å². The predicted octanol–water partition coefficient (Wildman–Crippen LogP) is 0.706. The van der Waals surface area contributed by atoms with Crippen LogP contribution in [0.4, 0.5) is 0 Å². The first-order chi connectivity index (χ1) is 11.8. The minimum atomic E-state index is -1.23. The molecule has 0 unspecified atom stereocenters. The molecule has 1 aromatic rings. The third-order valence-corrected chi connectivity index (χ3v) is 3.91. The Hall–Kier alpha value is -2.17. The van der Waals surface area contributed by atoms with Crippen LogP contribution < -0.4 is 5.32 Å². The van der Waals surface area contributed by atoms with Crippen LogP contribution in [-0.4, -0.2) is 52.2 Å². The highest BCUT2D eigenvalue weighted by Crippen LogP contribution is 2.13. The SMILES string of the molecule is CC(=O)O.O=C(O)C[C@H]1C=CC[C@H](NC(=O)Cc2cccs2)B(O)O1. The van der Waals surface area contributed by atoms with Crippen LogP contribution in [0.3, 0.4) is 0 Å². The fourth-order valence-electron chi connectivity index (χ4n) is 2.06. The fourth-order valence-corrected chi connectivity index (χ4v) is 2.76. The average molecular weight is 369 g/mol. The van der Waals surface area contributed by atoms with Gasteiger partial charge in [0.15, 0.2) is 0 Å². The fraction of sp³-hybridized carbons (Fsp3) is 0.400. The molecule has 0 fully saturated rings. The minimum absolute atomic E-state index is 0.199. The first-order valence-electron chi connectivity index (χ1n) is 7.51. The third kappa shape index (κ3) is 9.03. The van der Waals surface area contributed by atoms with Crippen molar-refractivity contribution < 1.29 is 34.3 Å². The van der Waals surface area contributed by atoms with Gasteiger partial charge in [-0.2, -0.15) is 0 Å². The van der Waals surface area contributed by atoms with Crippen LogP contribution in [-0.2, 0) is 25.5 Å². The Kier molecular flexibility index (Phi) is 8.89. The van der Waals surface area contributed by atoms with Gasteiger partial charge in [-0.3, -0.25) is 14.4 Å². The molecular formula is C15H20BNO7S. The van der Waals surface area contributed by atoms with E-state index in [1.54, 1.807) is 12.2 Å². The molecule has 1 aromatic heterocycles. The molecule has 1 aliphatic heterocycles. The predicted molar refractivity (Wildman–Crippen MR) is 92.1 cm³/mol. The summed E-state index contributed by atoms with van der Waals surface area (Å²) in [7, 11) is -1.23. The normalized spacial score (nSPS) is 19.4. The minimum Gasteiger partial charge on any atom is -0.481 e. The molecule has 0 radical (unpaired) electrons. The van der Waals surface area contributed by atoms with Crippen LogP contribution >= 0.6 is 11.3 Å². The van der Waals surface area contributed by atoms with E-state index < -0.39 is 31.1 Å². The standard InChI is InChI=1S/C13H16BNO5S.C2H4O2/c16-12(8-10-4-2-6-21-10)15-11-5-1-3-9(7-13(17)18)20-14(11)19;1-2(3)4/h1-4,6,9,11,19H,5,7-8H2,(H,15,16)(H,17,18);1H3,(H,3,4)/t9-,11+;/m1./s1. The van der Waals surface area contributed by atoms with Gasteiger partial charge < -0.3 is 25.2 Å². The monoisotopic (exact) mass is 369 g/mol. The quantitative estimate of drug-likeness (QED) is 0.444. The molecule has 0 aromatic carbocycles. The van der Waals surface area contributed by atoms with E-state index >= 15 is 0 Å². The average Bonchev–Trinajstić information content (AvgIpc) is 2.91. The number of carboxylic acids is 2. The Morgan fingerprint density at radius 1 is 1.40 bits per heavy atom. The molecule has 1 aliphatic rings. The molecule has 2 rings (SSSR count). The van der Waals surface area contributed by atoms with Crippen molar-refractivity contribution in [1.82, 2.24) is 5.32 Å². The number of nitrogens with one attached hydrogen (secondary N) is 1. The maximum Gasteiger partial charge on any atom is 0.478 e. The molecule has 8 nitrogen and oxygen atoms in total. The number of rotatable bonds is 5. The van der Waals surface area contributed by atoms with Crippen molar-refractivity contribution in [3.05, 3.63) is 34.5 Å². The lowest BCUT2D eigenvalue weighted by Crippen LogP contribution is -2.48. The Morgan fingerprint density at radius 3 is 2.64 bits per heavy atom. The number of carbonyl (C=O) groups excluding carboxylic acids is 1. The molecule has 0 spiro atoms. The zero-order valence-electron chi connectivity index (χ0n) is 13.6. The Labute approximate surface area is 149 Å². The van der Waals surface area contributed by atoms with E-state index in [9.17, 15) is 14.6 Å². The van der Waals surface area contributed by atoms with Gasteiger partial charge in [-0.05, 0) is 17.9 Å². The number of carbonyl (C=O) groups is 3. The second-order valence-corrected chi connectivity index (χ2v) is 6.31. The topological polar surface area (TPSA) is 133 Å². The number of hydrogen-bond acceptors (Lipinski definition) is 6.